The molecule has 1 amide bonds. The second kappa shape index (κ2) is 6.05. The molecule has 0 bridgehead atoms. The molecule has 0 spiro atoms. The van der Waals surface area contributed by atoms with Gasteiger partial charge >= 0.3 is 0 Å². The van der Waals surface area contributed by atoms with Gasteiger partial charge in [-0.3, -0.25) is 9.69 Å². The smallest absolute Gasteiger partial charge is 0.238 e. The molecule has 1 aromatic carbocycles. The number of aliphatic hydroxyl groups excluding tert-OH is 1. The van der Waals surface area contributed by atoms with Crippen LogP contribution in [0.4, 0.5) is 17.1 Å². The number of hydrogen-bond acceptors (Lipinski definition) is 5. The fourth-order valence-electron chi connectivity index (χ4n) is 2.56. The molecule has 21 heavy (non-hydrogen) atoms. The average Bonchev–Trinajstić information content (AvgIpc) is 2.92. The van der Waals surface area contributed by atoms with E-state index in [0.29, 0.717) is 18.2 Å². The number of β-amino-alcohol motifs (C(OH)–C–C–N with tert-alkyl or cyclic N) is 1. The van der Waals surface area contributed by atoms with Crippen molar-refractivity contribution in [1.29, 1.82) is 0 Å². The van der Waals surface area contributed by atoms with Crippen molar-refractivity contribution in [2.75, 3.05) is 25.0 Å². The van der Waals surface area contributed by atoms with Gasteiger partial charge in [0.2, 0.25) is 5.91 Å². The quantitative estimate of drug-likeness (QED) is 0.911. The number of nitrogens with zero attached hydrogens (tertiary/aromatic N) is 3. The van der Waals surface area contributed by atoms with E-state index in [0.717, 1.165) is 35.7 Å². The third kappa shape index (κ3) is 3.20. The van der Waals surface area contributed by atoms with Gasteiger partial charge in [-0.15, -0.1) is 0 Å². The molecule has 2 aliphatic heterocycles. The van der Waals surface area contributed by atoms with Crippen molar-refractivity contribution in [2.24, 2.45) is 14.6 Å². The van der Waals surface area contributed by atoms with Crippen LogP contribution < -0.4 is 5.32 Å². The number of piperidine rings is 1. The van der Waals surface area contributed by atoms with Crippen LogP contribution in [-0.4, -0.2) is 41.7 Å². The lowest BCUT2D eigenvalue weighted by molar-refractivity contribution is -0.118. The minimum absolute atomic E-state index is 0.0859. The molecule has 0 aromatic heterocycles. The Hall–Kier alpha value is -1.57. The zero-order valence-electron chi connectivity index (χ0n) is 11.8. The molecule has 2 heterocycles. The molecule has 1 saturated heterocycles. The van der Waals surface area contributed by atoms with Crippen LogP contribution >= 0.6 is 0 Å². The van der Waals surface area contributed by atoms with Crippen molar-refractivity contribution in [2.45, 2.75) is 19.4 Å². The number of carbonyl (C=O) groups excluding carboxylic acids is 1. The SMILES string of the molecule is CC1CCN(CC(=O)Nc2cccc3c2N=S=N3)CC1O. The number of anilines is 1. The van der Waals surface area contributed by atoms with Gasteiger partial charge in [0, 0.05) is 6.54 Å². The van der Waals surface area contributed by atoms with Gasteiger partial charge in [-0.05, 0) is 31.0 Å². The van der Waals surface area contributed by atoms with Gasteiger partial charge in [0.25, 0.3) is 0 Å². The largest absolute Gasteiger partial charge is 0.392 e. The van der Waals surface area contributed by atoms with Crippen LogP contribution in [0.3, 0.4) is 0 Å². The van der Waals surface area contributed by atoms with Gasteiger partial charge in [-0.1, -0.05) is 13.0 Å². The summed E-state index contributed by atoms with van der Waals surface area (Å²) in [6.07, 6.45) is 0.567. The number of benzene rings is 1. The molecule has 0 saturated carbocycles. The summed E-state index contributed by atoms with van der Waals surface area (Å²) in [6, 6.07) is 5.55. The van der Waals surface area contributed by atoms with Crippen molar-refractivity contribution >= 4 is 34.3 Å². The summed E-state index contributed by atoms with van der Waals surface area (Å²) in [4.78, 5) is 14.1. The van der Waals surface area contributed by atoms with E-state index in [-0.39, 0.29) is 18.6 Å². The van der Waals surface area contributed by atoms with Crippen LogP contribution in [0.25, 0.3) is 0 Å². The first-order valence-electron chi connectivity index (χ1n) is 7.05. The minimum Gasteiger partial charge on any atom is -0.392 e. The molecule has 2 atom stereocenters. The molecular formula is C14H18N4O2S. The lowest BCUT2D eigenvalue weighted by Gasteiger charge is -2.33. The molecule has 0 aliphatic carbocycles. The summed E-state index contributed by atoms with van der Waals surface area (Å²) < 4.78 is 8.36. The molecule has 0 radical (unpaired) electrons. The van der Waals surface area contributed by atoms with E-state index in [9.17, 15) is 9.90 Å². The summed E-state index contributed by atoms with van der Waals surface area (Å²) in [5.74, 6) is 0.219. The Balaban J connectivity index is 1.60. The summed E-state index contributed by atoms with van der Waals surface area (Å²) in [5.41, 5.74) is 2.21. The number of nitrogens with one attached hydrogen (secondary N) is 1. The highest BCUT2D eigenvalue weighted by molar-refractivity contribution is 7.58. The predicted molar refractivity (Wildman–Crippen MR) is 82.8 cm³/mol. The number of aliphatic hydroxyl groups is 1. The summed E-state index contributed by atoms with van der Waals surface area (Å²) in [5, 5.41) is 12.8. The molecule has 2 unspecified atom stereocenters. The Morgan fingerprint density at radius 2 is 2.38 bits per heavy atom. The van der Waals surface area contributed by atoms with Crippen LogP contribution in [0.2, 0.25) is 0 Å². The Kier molecular flexibility index (Phi) is 4.14. The zero-order valence-corrected chi connectivity index (χ0v) is 12.6. The van der Waals surface area contributed by atoms with Crippen LogP contribution in [0, 0.1) is 5.92 Å². The Morgan fingerprint density at radius 3 is 3.19 bits per heavy atom. The highest BCUT2D eigenvalue weighted by Gasteiger charge is 2.25. The summed E-state index contributed by atoms with van der Waals surface area (Å²) in [7, 11) is 0. The standard InChI is InChI=1S/C14H18N4O2S/c1-9-5-6-18(7-12(9)19)8-13(20)15-10-3-2-4-11-14(10)17-21-16-11/h2-4,9,12,19H,5-8H2,1H3,(H,15,20). The number of amides is 1. The molecule has 2 aliphatic rings. The molecule has 7 heteroatoms. The first-order chi connectivity index (χ1) is 10.1. The molecule has 1 aromatic rings. The van der Waals surface area contributed by atoms with E-state index in [1.165, 1.54) is 0 Å². The second-order valence-electron chi connectivity index (χ2n) is 5.55. The van der Waals surface area contributed by atoms with Crippen LogP contribution in [0.5, 0.6) is 0 Å². The number of likely N-dealkylation sites (tertiary alicyclic amines) is 1. The number of rotatable bonds is 3. The van der Waals surface area contributed by atoms with Crippen molar-refractivity contribution < 1.29 is 9.90 Å². The fourth-order valence-corrected chi connectivity index (χ4v) is 3.11. The van der Waals surface area contributed by atoms with E-state index in [1.807, 2.05) is 30.0 Å². The van der Waals surface area contributed by atoms with E-state index >= 15 is 0 Å². The molecule has 3 rings (SSSR count). The Morgan fingerprint density at radius 1 is 1.52 bits per heavy atom. The first-order valence-corrected chi connectivity index (χ1v) is 7.78. The third-order valence-electron chi connectivity index (χ3n) is 3.93. The van der Waals surface area contributed by atoms with Gasteiger partial charge in [0.05, 0.1) is 29.7 Å². The summed E-state index contributed by atoms with van der Waals surface area (Å²) >= 11 is 1.14. The van der Waals surface area contributed by atoms with Gasteiger partial charge in [0.1, 0.15) is 11.4 Å². The van der Waals surface area contributed by atoms with E-state index in [2.05, 4.69) is 14.0 Å². The van der Waals surface area contributed by atoms with Gasteiger partial charge in [-0.2, -0.15) is 8.73 Å². The van der Waals surface area contributed by atoms with Crippen molar-refractivity contribution in [3.05, 3.63) is 18.2 Å². The van der Waals surface area contributed by atoms with E-state index in [1.54, 1.807) is 0 Å². The van der Waals surface area contributed by atoms with Crippen LogP contribution in [0.1, 0.15) is 13.3 Å². The fraction of sp³-hybridized carbons (Fsp3) is 0.500. The lowest BCUT2D eigenvalue weighted by atomic mass is 9.96. The van der Waals surface area contributed by atoms with E-state index < -0.39 is 0 Å². The van der Waals surface area contributed by atoms with Crippen molar-refractivity contribution in [1.82, 2.24) is 4.90 Å². The van der Waals surface area contributed by atoms with Crippen molar-refractivity contribution in [3.8, 4) is 0 Å². The van der Waals surface area contributed by atoms with Gasteiger partial charge in [0.15, 0.2) is 0 Å². The predicted octanol–water partition coefficient (Wildman–Crippen LogP) is 2.05. The van der Waals surface area contributed by atoms with Gasteiger partial charge in [-0.25, -0.2) is 0 Å². The third-order valence-corrected chi connectivity index (χ3v) is 4.47. The van der Waals surface area contributed by atoms with Crippen LogP contribution in [0.15, 0.2) is 26.9 Å². The van der Waals surface area contributed by atoms with Gasteiger partial charge < -0.3 is 10.4 Å². The highest BCUT2D eigenvalue weighted by atomic mass is 32.1. The van der Waals surface area contributed by atoms with Crippen molar-refractivity contribution in [3.63, 3.8) is 0 Å². The van der Waals surface area contributed by atoms with Crippen LogP contribution in [-0.2, 0) is 16.1 Å². The molecular weight excluding hydrogens is 288 g/mol. The average molecular weight is 306 g/mol. The minimum atomic E-state index is -0.349. The number of fused-ring (bicyclic) bond motifs is 1. The molecule has 6 nitrogen and oxygen atoms in total. The topological polar surface area (TPSA) is 77.3 Å². The first kappa shape index (κ1) is 14.4. The van der Waals surface area contributed by atoms with E-state index in [4.69, 9.17) is 0 Å². The molecule has 112 valence electrons. The number of hydrogen-bond donors (Lipinski definition) is 2. The Labute approximate surface area is 127 Å². The molecule has 2 N–H and O–H groups in total. The second-order valence-corrected chi connectivity index (χ2v) is 6.08. The number of carbonyl (C=O) groups is 1. The Bertz CT molecular complexity index is 627. The maximum Gasteiger partial charge on any atom is 0.238 e. The lowest BCUT2D eigenvalue weighted by Crippen LogP contribution is -2.45. The zero-order chi connectivity index (χ0) is 14.8. The maximum atomic E-state index is 12.2. The maximum absolute atomic E-state index is 12.2. The molecule has 1 fully saturated rings. The normalized spacial score (nSPS) is 24.5. The summed E-state index contributed by atoms with van der Waals surface area (Å²) in [6.45, 7) is 3.72. The monoisotopic (exact) mass is 306 g/mol. The highest BCUT2D eigenvalue weighted by Crippen LogP contribution is 2.38.